The minimum atomic E-state index is -3.68. The molecule has 0 saturated carbocycles. The summed E-state index contributed by atoms with van der Waals surface area (Å²) in [6.07, 6.45) is 0. The zero-order valence-corrected chi connectivity index (χ0v) is 13.5. The van der Waals surface area contributed by atoms with Gasteiger partial charge in [-0.25, -0.2) is 8.42 Å². The Labute approximate surface area is 119 Å². The molecule has 1 heterocycles. The van der Waals surface area contributed by atoms with E-state index in [4.69, 9.17) is 4.52 Å². The average Bonchev–Trinajstić information content (AvgIpc) is 2.75. The van der Waals surface area contributed by atoms with Crippen molar-refractivity contribution in [1.82, 2.24) is 15.0 Å². The molecule has 114 valence electrons. The number of carbonyl (C=O) groups is 1. The third-order valence-electron chi connectivity index (χ3n) is 2.82. The Bertz CT molecular complexity index is 584. The molecule has 0 saturated heterocycles. The van der Waals surface area contributed by atoms with Crippen LogP contribution >= 0.6 is 0 Å². The largest absolute Gasteiger partial charge is 0.348 e. The molecular formula is C12H21N3O4S. The number of amides is 1. The number of rotatable bonds is 4. The zero-order chi connectivity index (χ0) is 15.7. The number of hydrogen-bond donors (Lipinski definition) is 0. The van der Waals surface area contributed by atoms with Crippen molar-refractivity contribution in [2.45, 2.75) is 38.4 Å². The second-order valence-electron chi connectivity index (χ2n) is 5.94. The molecule has 1 amide bonds. The fourth-order valence-corrected chi connectivity index (χ4v) is 2.54. The Morgan fingerprint density at radius 1 is 1.35 bits per heavy atom. The van der Waals surface area contributed by atoms with Gasteiger partial charge in [-0.15, -0.1) is 0 Å². The summed E-state index contributed by atoms with van der Waals surface area (Å²) in [6.45, 7) is 7.14. The predicted molar refractivity (Wildman–Crippen MR) is 73.9 cm³/mol. The van der Waals surface area contributed by atoms with Gasteiger partial charge in [-0.1, -0.05) is 25.9 Å². The topological polar surface area (TPSA) is 93.4 Å². The summed E-state index contributed by atoms with van der Waals surface area (Å²) in [5, 5.41) is 2.79. The molecule has 7 nitrogen and oxygen atoms in total. The quantitative estimate of drug-likeness (QED) is 0.821. The van der Waals surface area contributed by atoms with Gasteiger partial charge in [0, 0.05) is 19.5 Å². The van der Waals surface area contributed by atoms with Crippen LogP contribution in [-0.2, 0) is 20.0 Å². The van der Waals surface area contributed by atoms with Crippen LogP contribution in [0, 0.1) is 0 Å². The van der Waals surface area contributed by atoms with Crippen molar-refractivity contribution in [3.8, 4) is 0 Å². The molecular weight excluding hydrogens is 282 g/mol. The highest BCUT2D eigenvalue weighted by molar-refractivity contribution is 7.92. The molecule has 0 aliphatic rings. The fraction of sp³-hybridized carbons (Fsp3) is 0.750. The third kappa shape index (κ3) is 3.78. The van der Waals surface area contributed by atoms with Crippen molar-refractivity contribution < 1.29 is 17.7 Å². The second-order valence-corrected chi connectivity index (χ2v) is 8.27. The lowest BCUT2D eigenvalue weighted by Gasteiger charge is -2.13. The van der Waals surface area contributed by atoms with Gasteiger partial charge >= 0.3 is 0 Å². The van der Waals surface area contributed by atoms with E-state index < -0.39 is 26.7 Å². The van der Waals surface area contributed by atoms with Gasteiger partial charge in [-0.2, -0.15) is 4.98 Å². The summed E-state index contributed by atoms with van der Waals surface area (Å²) in [4.78, 5) is 16.9. The van der Waals surface area contributed by atoms with Gasteiger partial charge in [-0.05, 0) is 6.92 Å². The molecule has 0 aliphatic heterocycles. The number of aromatic nitrogens is 2. The summed E-state index contributed by atoms with van der Waals surface area (Å²) in [6, 6.07) is 0. The number of sulfone groups is 1. The highest BCUT2D eigenvalue weighted by atomic mass is 32.2. The fourth-order valence-electron chi connectivity index (χ4n) is 1.28. The Kier molecular flexibility index (Phi) is 4.58. The first-order valence-electron chi connectivity index (χ1n) is 6.21. The Hall–Kier alpha value is -1.44. The molecule has 1 aromatic heterocycles. The molecule has 0 N–H and O–H groups in total. The van der Waals surface area contributed by atoms with Crippen molar-refractivity contribution >= 4 is 15.7 Å². The van der Waals surface area contributed by atoms with Gasteiger partial charge in [0.15, 0.2) is 15.7 Å². The molecule has 0 bridgehead atoms. The van der Waals surface area contributed by atoms with Crippen LogP contribution in [0.4, 0.5) is 0 Å². The Balaban J connectivity index is 2.97. The average molecular weight is 303 g/mol. The Morgan fingerprint density at radius 3 is 2.30 bits per heavy atom. The van der Waals surface area contributed by atoms with Crippen molar-refractivity contribution in [1.29, 1.82) is 0 Å². The standard InChI is InChI=1S/C12H21N3O4S/c1-8(20(17,18)7-9(16)15(5)6)10-13-11(14-19-10)12(2,3)4/h8H,7H2,1-6H3/t8-/m0/s1. The summed E-state index contributed by atoms with van der Waals surface area (Å²) >= 11 is 0. The van der Waals surface area contributed by atoms with Crippen LogP contribution < -0.4 is 0 Å². The maximum atomic E-state index is 12.1. The molecule has 0 radical (unpaired) electrons. The number of hydrogen-bond acceptors (Lipinski definition) is 6. The summed E-state index contributed by atoms with van der Waals surface area (Å²) in [5.41, 5.74) is -0.329. The summed E-state index contributed by atoms with van der Waals surface area (Å²) in [5.74, 6) is -0.601. The summed E-state index contributed by atoms with van der Waals surface area (Å²) in [7, 11) is -0.663. The van der Waals surface area contributed by atoms with E-state index in [1.54, 1.807) is 0 Å². The molecule has 0 unspecified atom stereocenters. The van der Waals surface area contributed by atoms with Crippen LogP contribution in [0.25, 0.3) is 0 Å². The van der Waals surface area contributed by atoms with Crippen molar-refractivity contribution in [3.05, 3.63) is 11.7 Å². The van der Waals surface area contributed by atoms with Crippen LogP contribution in [0.5, 0.6) is 0 Å². The normalized spacial score (nSPS) is 14.1. The van der Waals surface area contributed by atoms with E-state index in [1.165, 1.54) is 25.9 Å². The lowest BCUT2D eigenvalue weighted by molar-refractivity contribution is -0.125. The van der Waals surface area contributed by atoms with E-state index >= 15 is 0 Å². The molecule has 8 heteroatoms. The van der Waals surface area contributed by atoms with Gasteiger partial charge < -0.3 is 9.42 Å². The van der Waals surface area contributed by atoms with Gasteiger partial charge in [0.2, 0.25) is 11.8 Å². The van der Waals surface area contributed by atoms with Gasteiger partial charge in [0.25, 0.3) is 0 Å². The minimum absolute atomic E-state index is 0.0153. The minimum Gasteiger partial charge on any atom is -0.348 e. The lowest BCUT2D eigenvalue weighted by Crippen LogP contribution is -2.31. The predicted octanol–water partition coefficient (Wildman–Crippen LogP) is 0.931. The van der Waals surface area contributed by atoms with Crippen molar-refractivity contribution in [2.75, 3.05) is 19.8 Å². The van der Waals surface area contributed by atoms with E-state index in [1.807, 2.05) is 20.8 Å². The molecule has 0 spiro atoms. The molecule has 0 aromatic carbocycles. The molecule has 0 aliphatic carbocycles. The highest BCUT2D eigenvalue weighted by Crippen LogP contribution is 2.25. The molecule has 1 aromatic rings. The van der Waals surface area contributed by atoms with Gasteiger partial charge in [0.05, 0.1) is 0 Å². The van der Waals surface area contributed by atoms with Crippen LogP contribution in [-0.4, -0.2) is 49.2 Å². The van der Waals surface area contributed by atoms with Crippen molar-refractivity contribution in [2.24, 2.45) is 0 Å². The van der Waals surface area contributed by atoms with Gasteiger partial charge in [-0.3, -0.25) is 4.79 Å². The zero-order valence-electron chi connectivity index (χ0n) is 12.7. The number of carbonyl (C=O) groups excluding carboxylic acids is 1. The lowest BCUT2D eigenvalue weighted by atomic mass is 9.96. The second kappa shape index (κ2) is 5.51. The van der Waals surface area contributed by atoms with E-state index in [-0.39, 0.29) is 11.3 Å². The van der Waals surface area contributed by atoms with E-state index in [0.717, 1.165) is 0 Å². The van der Waals surface area contributed by atoms with Crippen LogP contribution in [0.2, 0.25) is 0 Å². The molecule has 1 atom stereocenters. The first kappa shape index (κ1) is 16.6. The maximum absolute atomic E-state index is 12.1. The van der Waals surface area contributed by atoms with Crippen LogP contribution in [0.1, 0.15) is 44.7 Å². The van der Waals surface area contributed by atoms with Gasteiger partial charge in [0.1, 0.15) is 11.0 Å². The maximum Gasteiger partial charge on any atom is 0.244 e. The van der Waals surface area contributed by atoms with Crippen LogP contribution in [0.3, 0.4) is 0 Å². The molecule has 0 fully saturated rings. The molecule has 1 rings (SSSR count). The highest BCUT2D eigenvalue weighted by Gasteiger charge is 2.32. The monoisotopic (exact) mass is 303 g/mol. The van der Waals surface area contributed by atoms with Crippen molar-refractivity contribution in [3.63, 3.8) is 0 Å². The third-order valence-corrected chi connectivity index (χ3v) is 4.75. The van der Waals surface area contributed by atoms with E-state index in [0.29, 0.717) is 5.82 Å². The van der Waals surface area contributed by atoms with E-state index in [9.17, 15) is 13.2 Å². The van der Waals surface area contributed by atoms with Crippen LogP contribution in [0.15, 0.2) is 4.52 Å². The first-order valence-corrected chi connectivity index (χ1v) is 7.92. The summed E-state index contributed by atoms with van der Waals surface area (Å²) < 4.78 is 29.3. The van der Waals surface area contributed by atoms with E-state index in [2.05, 4.69) is 10.1 Å². The number of nitrogens with zero attached hydrogens (tertiary/aromatic N) is 3. The SMILES string of the molecule is C[C@@H](c1nc(C(C)(C)C)no1)S(=O)(=O)CC(=O)N(C)C. The Morgan fingerprint density at radius 2 is 1.90 bits per heavy atom. The molecule has 20 heavy (non-hydrogen) atoms. The smallest absolute Gasteiger partial charge is 0.244 e. The first-order chi connectivity index (χ1) is 8.95.